The summed E-state index contributed by atoms with van der Waals surface area (Å²) in [4.78, 5) is 0.181. The van der Waals surface area contributed by atoms with E-state index in [1.54, 1.807) is 18.2 Å². The summed E-state index contributed by atoms with van der Waals surface area (Å²) in [6.45, 7) is 5.73. The maximum absolute atomic E-state index is 12.2. The van der Waals surface area contributed by atoms with E-state index in [0.717, 1.165) is 10.0 Å². The highest BCUT2D eigenvalue weighted by molar-refractivity contribution is 9.10. The molecule has 7 heteroatoms. The zero-order valence-corrected chi connectivity index (χ0v) is 13.7. The molecule has 0 aliphatic carbocycles. The van der Waals surface area contributed by atoms with Crippen molar-refractivity contribution in [2.24, 2.45) is 0 Å². The third-order valence-electron chi connectivity index (χ3n) is 2.79. The van der Waals surface area contributed by atoms with Crippen molar-refractivity contribution < 1.29 is 12.9 Å². The maximum atomic E-state index is 12.2. The van der Waals surface area contributed by atoms with Crippen LogP contribution in [0.5, 0.6) is 0 Å². The van der Waals surface area contributed by atoms with Gasteiger partial charge >= 0.3 is 0 Å². The van der Waals surface area contributed by atoms with Crippen LogP contribution in [-0.2, 0) is 10.0 Å². The number of nitrogens with zero attached hydrogens (tertiary/aromatic N) is 1. The van der Waals surface area contributed by atoms with Crippen molar-refractivity contribution in [3.8, 4) is 0 Å². The van der Waals surface area contributed by atoms with Crippen LogP contribution >= 0.6 is 15.9 Å². The first-order valence-electron chi connectivity index (χ1n) is 6.05. The van der Waals surface area contributed by atoms with E-state index in [-0.39, 0.29) is 16.7 Å². The number of nitrogens with one attached hydrogen (secondary N) is 1. The van der Waals surface area contributed by atoms with E-state index in [0.29, 0.717) is 5.69 Å². The fraction of sp³-hybridized carbons (Fsp3) is 0.308. The third kappa shape index (κ3) is 3.21. The predicted octanol–water partition coefficient (Wildman–Crippen LogP) is 3.67. The molecule has 0 unspecified atom stereocenters. The molecule has 1 aromatic heterocycles. The van der Waals surface area contributed by atoms with Crippen LogP contribution in [0.15, 0.2) is 38.2 Å². The lowest BCUT2D eigenvalue weighted by Gasteiger charge is -2.06. The molecule has 0 radical (unpaired) electrons. The molecule has 0 spiro atoms. The van der Waals surface area contributed by atoms with Crippen LogP contribution in [0.4, 0.5) is 5.88 Å². The van der Waals surface area contributed by atoms with Gasteiger partial charge in [-0.05, 0) is 36.6 Å². The highest BCUT2D eigenvalue weighted by Gasteiger charge is 2.18. The molecule has 0 saturated carbocycles. The average molecular weight is 359 g/mol. The Balaban J connectivity index is 2.28. The molecule has 1 aromatic carbocycles. The van der Waals surface area contributed by atoms with Crippen LogP contribution in [0.25, 0.3) is 0 Å². The summed E-state index contributed by atoms with van der Waals surface area (Å²) < 4.78 is 32.7. The largest absolute Gasteiger partial charge is 0.338 e. The molecule has 0 saturated heterocycles. The molecule has 0 aliphatic rings. The van der Waals surface area contributed by atoms with Gasteiger partial charge in [-0.2, -0.15) is 0 Å². The average Bonchev–Trinajstić information content (AvgIpc) is 2.80. The summed E-state index contributed by atoms with van der Waals surface area (Å²) in [7, 11) is -3.67. The molecule has 5 nitrogen and oxygen atoms in total. The van der Waals surface area contributed by atoms with E-state index in [4.69, 9.17) is 4.52 Å². The van der Waals surface area contributed by atoms with Gasteiger partial charge in [-0.1, -0.05) is 34.9 Å². The van der Waals surface area contributed by atoms with Crippen LogP contribution < -0.4 is 4.72 Å². The smallest absolute Gasteiger partial charge is 0.264 e. The molecule has 0 amide bonds. The van der Waals surface area contributed by atoms with E-state index in [2.05, 4.69) is 25.8 Å². The Morgan fingerprint density at radius 1 is 1.30 bits per heavy atom. The minimum atomic E-state index is -3.67. The lowest BCUT2D eigenvalue weighted by atomic mass is 10.1. The molecule has 0 fully saturated rings. The van der Waals surface area contributed by atoms with Crippen LogP contribution in [0, 0.1) is 6.92 Å². The molecule has 1 heterocycles. The van der Waals surface area contributed by atoms with E-state index >= 15 is 0 Å². The quantitative estimate of drug-likeness (QED) is 0.904. The number of benzene rings is 1. The van der Waals surface area contributed by atoms with Crippen LogP contribution in [0.3, 0.4) is 0 Å². The van der Waals surface area contributed by atoms with Crippen LogP contribution in [0.1, 0.15) is 31.0 Å². The van der Waals surface area contributed by atoms with Crippen molar-refractivity contribution in [3.63, 3.8) is 0 Å². The number of halogens is 1. The second-order valence-electron chi connectivity index (χ2n) is 4.79. The molecule has 0 aliphatic heterocycles. The summed E-state index contributed by atoms with van der Waals surface area (Å²) in [6, 6.07) is 6.41. The van der Waals surface area contributed by atoms with Gasteiger partial charge in [0.1, 0.15) is 0 Å². The van der Waals surface area contributed by atoms with Crippen molar-refractivity contribution >= 4 is 31.8 Å². The van der Waals surface area contributed by atoms with E-state index < -0.39 is 10.0 Å². The van der Waals surface area contributed by atoms with Gasteiger partial charge in [0.2, 0.25) is 5.88 Å². The number of aryl methyl sites for hydroxylation is 1. The molecule has 2 aromatic rings. The van der Waals surface area contributed by atoms with Gasteiger partial charge in [0, 0.05) is 10.5 Å². The lowest BCUT2D eigenvalue weighted by Crippen LogP contribution is -2.12. The van der Waals surface area contributed by atoms with Gasteiger partial charge in [0.25, 0.3) is 10.0 Å². The Labute approximate surface area is 126 Å². The lowest BCUT2D eigenvalue weighted by molar-refractivity contribution is 0.423. The monoisotopic (exact) mass is 358 g/mol. The van der Waals surface area contributed by atoms with E-state index in [1.807, 2.05) is 20.8 Å². The highest BCUT2D eigenvalue weighted by Crippen LogP contribution is 2.23. The molecule has 2 rings (SSSR count). The van der Waals surface area contributed by atoms with Crippen molar-refractivity contribution in [1.82, 2.24) is 5.16 Å². The normalized spacial score (nSPS) is 11.8. The maximum Gasteiger partial charge on any atom is 0.264 e. The summed E-state index contributed by atoms with van der Waals surface area (Å²) in [5, 5.41) is 3.82. The first-order valence-corrected chi connectivity index (χ1v) is 8.33. The second-order valence-corrected chi connectivity index (χ2v) is 7.32. The Bertz CT molecular complexity index is 723. The molecule has 0 bridgehead atoms. The van der Waals surface area contributed by atoms with Crippen molar-refractivity contribution in [3.05, 3.63) is 40.0 Å². The Kier molecular flexibility index (Phi) is 4.19. The molecule has 108 valence electrons. The summed E-state index contributed by atoms with van der Waals surface area (Å²) >= 11 is 3.34. The topological polar surface area (TPSA) is 72.2 Å². The minimum Gasteiger partial charge on any atom is -0.338 e. The molecular formula is C13H15BrN2O3S. The first kappa shape index (κ1) is 15.1. The first-order chi connectivity index (χ1) is 9.29. The third-order valence-corrected chi connectivity index (χ3v) is 5.03. The highest BCUT2D eigenvalue weighted by atomic mass is 79.9. The van der Waals surface area contributed by atoms with Gasteiger partial charge in [-0.15, -0.1) is 0 Å². The minimum absolute atomic E-state index is 0.120. The Morgan fingerprint density at radius 3 is 2.55 bits per heavy atom. The number of sulfonamides is 1. The fourth-order valence-electron chi connectivity index (χ4n) is 1.58. The number of aromatic nitrogens is 1. The molecule has 1 N–H and O–H groups in total. The fourth-order valence-corrected chi connectivity index (χ4v) is 2.89. The van der Waals surface area contributed by atoms with Crippen LogP contribution in [-0.4, -0.2) is 13.6 Å². The van der Waals surface area contributed by atoms with Gasteiger partial charge in [-0.25, -0.2) is 13.1 Å². The second kappa shape index (κ2) is 5.57. The standard InChI is InChI=1S/C13H15BrN2O3S/c1-8(2)12-7-13(19-15-12)16-20(17,18)10-4-5-11(14)9(3)6-10/h4-8,16H,1-3H3. The molecule has 0 atom stereocenters. The number of hydrogen-bond acceptors (Lipinski definition) is 4. The SMILES string of the molecule is Cc1cc(S(=O)(=O)Nc2cc(C(C)C)no2)ccc1Br. The Hall–Kier alpha value is -1.34. The number of rotatable bonds is 4. The van der Waals surface area contributed by atoms with Gasteiger partial charge in [0.15, 0.2) is 0 Å². The summed E-state index contributed by atoms with van der Waals surface area (Å²) in [6.07, 6.45) is 0. The molecular weight excluding hydrogens is 344 g/mol. The van der Waals surface area contributed by atoms with Crippen molar-refractivity contribution in [2.75, 3.05) is 4.72 Å². The predicted molar refractivity (Wildman–Crippen MR) is 80.3 cm³/mol. The molecule has 20 heavy (non-hydrogen) atoms. The van der Waals surface area contributed by atoms with E-state index in [9.17, 15) is 8.42 Å². The summed E-state index contributed by atoms with van der Waals surface area (Å²) in [5.41, 5.74) is 1.54. The zero-order chi connectivity index (χ0) is 14.9. The zero-order valence-electron chi connectivity index (χ0n) is 11.3. The van der Waals surface area contributed by atoms with Crippen molar-refractivity contribution in [1.29, 1.82) is 0 Å². The van der Waals surface area contributed by atoms with Gasteiger partial charge in [0.05, 0.1) is 10.6 Å². The number of anilines is 1. The number of hydrogen-bond donors (Lipinski definition) is 1. The van der Waals surface area contributed by atoms with Gasteiger partial charge < -0.3 is 4.52 Å². The van der Waals surface area contributed by atoms with E-state index in [1.165, 1.54) is 6.07 Å². The summed E-state index contributed by atoms with van der Waals surface area (Å²) in [5.74, 6) is 0.293. The Morgan fingerprint density at radius 2 is 2.00 bits per heavy atom. The van der Waals surface area contributed by atoms with Gasteiger partial charge in [-0.3, -0.25) is 0 Å². The van der Waals surface area contributed by atoms with Crippen LogP contribution in [0.2, 0.25) is 0 Å². The van der Waals surface area contributed by atoms with Crippen molar-refractivity contribution in [2.45, 2.75) is 31.6 Å².